The van der Waals surface area contributed by atoms with Crippen molar-refractivity contribution in [1.82, 2.24) is 4.90 Å². The summed E-state index contributed by atoms with van der Waals surface area (Å²) in [6.07, 6.45) is -4.34. The van der Waals surface area contributed by atoms with Crippen LogP contribution in [0.25, 0.3) is 0 Å². The normalized spacial score (nSPS) is 25.8. The van der Waals surface area contributed by atoms with E-state index in [1.807, 2.05) is 11.8 Å². The second kappa shape index (κ2) is 6.58. The van der Waals surface area contributed by atoms with E-state index in [-0.39, 0.29) is 12.6 Å². The summed E-state index contributed by atoms with van der Waals surface area (Å²) in [7, 11) is 0. The van der Waals surface area contributed by atoms with Gasteiger partial charge in [0.15, 0.2) is 0 Å². The lowest BCUT2D eigenvalue weighted by molar-refractivity contribution is -0.138. The van der Waals surface area contributed by atoms with Gasteiger partial charge in [-0.1, -0.05) is 32.0 Å². The predicted octanol–water partition coefficient (Wildman–Crippen LogP) is 3.53. The predicted molar refractivity (Wildman–Crippen MR) is 81.3 cm³/mol. The Balaban J connectivity index is 2.34. The van der Waals surface area contributed by atoms with Crippen LogP contribution >= 0.6 is 11.8 Å². The molecule has 0 amide bonds. The number of hydrogen-bond donors (Lipinski definition) is 1. The summed E-state index contributed by atoms with van der Waals surface area (Å²) >= 11 is 1.87. The molecule has 3 atom stereocenters. The van der Waals surface area contributed by atoms with Gasteiger partial charge in [-0.3, -0.25) is 4.90 Å². The lowest BCUT2D eigenvalue weighted by atomic mass is 9.98. The first kappa shape index (κ1) is 16.6. The molecule has 6 heteroatoms. The van der Waals surface area contributed by atoms with Gasteiger partial charge in [0.1, 0.15) is 0 Å². The Morgan fingerprint density at radius 3 is 2.33 bits per heavy atom. The molecule has 2 N–H and O–H groups in total. The quantitative estimate of drug-likeness (QED) is 0.924. The average molecular weight is 318 g/mol. The van der Waals surface area contributed by atoms with Gasteiger partial charge in [-0.25, -0.2) is 0 Å². The van der Waals surface area contributed by atoms with Crippen LogP contribution in [-0.4, -0.2) is 35.0 Å². The minimum Gasteiger partial charge on any atom is -0.329 e. The molecule has 1 saturated heterocycles. The third-order valence-electron chi connectivity index (χ3n) is 3.74. The van der Waals surface area contributed by atoms with E-state index in [2.05, 4.69) is 18.7 Å². The SMILES string of the molecule is CC1CN(C(CN)c2ccccc2C(F)(F)F)CC(C)S1. The number of rotatable bonds is 3. The van der Waals surface area contributed by atoms with Gasteiger partial charge >= 0.3 is 6.18 Å². The van der Waals surface area contributed by atoms with Gasteiger partial charge in [0.05, 0.1) is 5.56 Å². The van der Waals surface area contributed by atoms with E-state index >= 15 is 0 Å². The van der Waals surface area contributed by atoms with E-state index in [1.54, 1.807) is 12.1 Å². The molecule has 1 aromatic carbocycles. The second-order valence-electron chi connectivity index (χ2n) is 5.55. The fourth-order valence-corrected chi connectivity index (χ4v) is 4.34. The fraction of sp³-hybridized carbons (Fsp3) is 0.600. The van der Waals surface area contributed by atoms with Crippen molar-refractivity contribution in [3.8, 4) is 0 Å². The van der Waals surface area contributed by atoms with Crippen LogP contribution in [0.3, 0.4) is 0 Å². The Kier molecular flexibility index (Phi) is 5.22. The van der Waals surface area contributed by atoms with Gasteiger partial charge in [0.2, 0.25) is 0 Å². The maximum Gasteiger partial charge on any atom is 0.416 e. The Hall–Kier alpha value is -0.720. The monoisotopic (exact) mass is 318 g/mol. The molecule has 0 aliphatic carbocycles. The molecule has 21 heavy (non-hydrogen) atoms. The van der Waals surface area contributed by atoms with Crippen molar-refractivity contribution in [3.05, 3.63) is 35.4 Å². The van der Waals surface area contributed by atoms with Crippen molar-refractivity contribution in [1.29, 1.82) is 0 Å². The highest BCUT2D eigenvalue weighted by Gasteiger charge is 2.37. The molecule has 118 valence electrons. The number of nitrogens with zero attached hydrogens (tertiary/aromatic N) is 1. The van der Waals surface area contributed by atoms with Crippen molar-refractivity contribution in [2.45, 2.75) is 36.6 Å². The number of alkyl halides is 3. The Labute approximate surface area is 127 Å². The molecule has 0 radical (unpaired) electrons. The number of nitrogens with two attached hydrogens (primary N) is 1. The molecule has 0 spiro atoms. The number of hydrogen-bond acceptors (Lipinski definition) is 3. The van der Waals surface area contributed by atoms with E-state index < -0.39 is 11.7 Å². The van der Waals surface area contributed by atoms with E-state index in [4.69, 9.17) is 5.73 Å². The summed E-state index contributed by atoms with van der Waals surface area (Å²) in [6.45, 7) is 5.94. The minimum atomic E-state index is -4.34. The lowest BCUT2D eigenvalue weighted by Crippen LogP contribution is -2.45. The van der Waals surface area contributed by atoms with Gasteiger partial charge in [-0.15, -0.1) is 0 Å². The Morgan fingerprint density at radius 2 is 1.81 bits per heavy atom. The zero-order chi connectivity index (χ0) is 15.6. The highest BCUT2D eigenvalue weighted by Crippen LogP contribution is 2.37. The summed E-state index contributed by atoms with van der Waals surface area (Å²) in [6, 6.07) is 5.39. The number of thioether (sulfide) groups is 1. The van der Waals surface area contributed by atoms with Crippen LogP contribution in [0.2, 0.25) is 0 Å². The second-order valence-corrected chi connectivity index (χ2v) is 7.43. The molecule has 0 aromatic heterocycles. The maximum atomic E-state index is 13.2. The zero-order valence-electron chi connectivity index (χ0n) is 12.2. The minimum absolute atomic E-state index is 0.192. The van der Waals surface area contributed by atoms with E-state index in [1.165, 1.54) is 6.07 Å². The molecule has 1 heterocycles. The summed E-state index contributed by atoms with van der Waals surface area (Å²) in [5, 5.41) is 0.807. The highest BCUT2D eigenvalue weighted by molar-refractivity contribution is 8.00. The molecule has 3 unspecified atom stereocenters. The van der Waals surface area contributed by atoms with Crippen LogP contribution in [0.4, 0.5) is 13.2 Å². The highest BCUT2D eigenvalue weighted by atomic mass is 32.2. The molecular formula is C15H21F3N2S. The zero-order valence-corrected chi connectivity index (χ0v) is 13.0. The van der Waals surface area contributed by atoms with Crippen LogP contribution in [0.15, 0.2) is 24.3 Å². The molecule has 1 fully saturated rings. The lowest BCUT2D eigenvalue weighted by Gasteiger charge is -2.40. The first-order valence-electron chi connectivity index (χ1n) is 7.08. The van der Waals surface area contributed by atoms with Gasteiger partial charge < -0.3 is 5.73 Å². The molecular weight excluding hydrogens is 297 g/mol. The van der Waals surface area contributed by atoms with Crippen molar-refractivity contribution < 1.29 is 13.2 Å². The molecule has 1 aliphatic heterocycles. The third-order valence-corrected chi connectivity index (χ3v) is 4.96. The Morgan fingerprint density at radius 1 is 1.24 bits per heavy atom. The van der Waals surface area contributed by atoms with Gasteiger partial charge in [0, 0.05) is 36.2 Å². The molecule has 0 saturated carbocycles. The van der Waals surface area contributed by atoms with Gasteiger partial charge in [-0.05, 0) is 11.6 Å². The van der Waals surface area contributed by atoms with Crippen LogP contribution in [0.5, 0.6) is 0 Å². The van der Waals surface area contributed by atoms with E-state index in [0.29, 0.717) is 16.1 Å². The first-order chi connectivity index (χ1) is 9.82. The Bertz CT molecular complexity index is 468. The smallest absolute Gasteiger partial charge is 0.329 e. The largest absolute Gasteiger partial charge is 0.416 e. The van der Waals surface area contributed by atoms with Crippen molar-refractivity contribution in [3.63, 3.8) is 0 Å². The van der Waals surface area contributed by atoms with Crippen molar-refractivity contribution in [2.75, 3.05) is 19.6 Å². The summed E-state index contributed by atoms with van der Waals surface area (Å²) in [4.78, 5) is 2.09. The van der Waals surface area contributed by atoms with Crippen LogP contribution in [-0.2, 0) is 6.18 Å². The molecule has 0 bridgehead atoms. The van der Waals surface area contributed by atoms with E-state index in [0.717, 1.165) is 19.2 Å². The average Bonchev–Trinajstić information content (AvgIpc) is 2.38. The molecule has 1 aromatic rings. The van der Waals surface area contributed by atoms with Crippen LogP contribution in [0.1, 0.15) is 31.0 Å². The van der Waals surface area contributed by atoms with Crippen molar-refractivity contribution >= 4 is 11.8 Å². The van der Waals surface area contributed by atoms with Crippen LogP contribution < -0.4 is 5.73 Å². The third kappa shape index (κ3) is 3.93. The summed E-state index contributed by atoms with van der Waals surface area (Å²) < 4.78 is 39.6. The summed E-state index contributed by atoms with van der Waals surface area (Å²) in [5.41, 5.74) is 5.54. The number of halogens is 3. The van der Waals surface area contributed by atoms with Crippen LogP contribution in [0, 0.1) is 0 Å². The number of benzene rings is 1. The first-order valence-corrected chi connectivity index (χ1v) is 8.03. The maximum absolute atomic E-state index is 13.2. The van der Waals surface area contributed by atoms with Gasteiger partial charge in [-0.2, -0.15) is 24.9 Å². The van der Waals surface area contributed by atoms with Gasteiger partial charge in [0.25, 0.3) is 0 Å². The standard InChI is InChI=1S/C15H21F3N2S/c1-10-8-20(9-11(2)21-10)14(7-19)12-5-3-4-6-13(12)15(16,17)18/h3-6,10-11,14H,7-9,19H2,1-2H3. The molecule has 1 aliphatic rings. The van der Waals surface area contributed by atoms with Crippen molar-refractivity contribution in [2.24, 2.45) is 5.73 Å². The topological polar surface area (TPSA) is 29.3 Å². The fourth-order valence-electron chi connectivity index (χ4n) is 2.99. The summed E-state index contributed by atoms with van der Waals surface area (Å²) in [5.74, 6) is 0. The van der Waals surface area contributed by atoms with E-state index in [9.17, 15) is 13.2 Å². The molecule has 2 rings (SSSR count). The molecule has 2 nitrogen and oxygen atoms in total.